The van der Waals surface area contributed by atoms with Crippen molar-refractivity contribution in [2.24, 2.45) is 10.7 Å². The summed E-state index contributed by atoms with van der Waals surface area (Å²) < 4.78 is 5.85. The summed E-state index contributed by atoms with van der Waals surface area (Å²) in [6, 6.07) is 12.1. The topological polar surface area (TPSA) is 72.5 Å². The SMILES string of the molecule is Cc1cccc(C)c1OCCCN=C(N)NCCc1ccccn1.I. The van der Waals surface area contributed by atoms with Crippen LogP contribution in [0.2, 0.25) is 0 Å². The first-order chi connectivity index (χ1) is 11.7. The molecular weight excluding hydrogens is 427 g/mol. The minimum atomic E-state index is 0. The highest BCUT2D eigenvalue weighted by Crippen LogP contribution is 2.22. The molecule has 0 aliphatic heterocycles. The van der Waals surface area contributed by atoms with Gasteiger partial charge in [-0.3, -0.25) is 9.98 Å². The molecular formula is C19H27IN4O. The number of hydrogen-bond acceptors (Lipinski definition) is 3. The van der Waals surface area contributed by atoms with Gasteiger partial charge >= 0.3 is 0 Å². The summed E-state index contributed by atoms with van der Waals surface area (Å²) in [4.78, 5) is 8.58. The van der Waals surface area contributed by atoms with Crippen LogP contribution in [0.1, 0.15) is 23.2 Å². The molecule has 2 rings (SSSR count). The van der Waals surface area contributed by atoms with E-state index in [0.717, 1.165) is 42.0 Å². The molecule has 136 valence electrons. The maximum absolute atomic E-state index is 5.86. The maximum Gasteiger partial charge on any atom is 0.188 e. The molecule has 0 amide bonds. The largest absolute Gasteiger partial charge is 0.493 e. The molecule has 1 heterocycles. The third kappa shape index (κ3) is 7.72. The molecule has 6 heteroatoms. The molecule has 1 aromatic carbocycles. The number of para-hydroxylation sites is 1. The highest BCUT2D eigenvalue weighted by Gasteiger charge is 2.02. The van der Waals surface area contributed by atoms with Crippen molar-refractivity contribution in [1.82, 2.24) is 10.3 Å². The molecule has 0 aliphatic rings. The van der Waals surface area contributed by atoms with Gasteiger partial charge in [-0.15, -0.1) is 24.0 Å². The van der Waals surface area contributed by atoms with Crippen molar-refractivity contribution in [2.75, 3.05) is 19.7 Å². The number of rotatable bonds is 8. The monoisotopic (exact) mass is 454 g/mol. The molecule has 0 unspecified atom stereocenters. The van der Waals surface area contributed by atoms with E-state index in [0.29, 0.717) is 19.1 Å². The van der Waals surface area contributed by atoms with Gasteiger partial charge in [-0.2, -0.15) is 0 Å². The second kappa shape index (κ2) is 11.7. The first-order valence-electron chi connectivity index (χ1n) is 8.29. The van der Waals surface area contributed by atoms with Crippen molar-refractivity contribution in [3.63, 3.8) is 0 Å². The number of nitrogens with zero attached hydrogens (tertiary/aromatic N) is 2. The Morgan fingerprint density at radius 1 is 1.16 bits per heavy atom. The van der Waals surface area contributed by atoms with Crippen LogP contribution >= 0.6 is 24.0 Å². The van der Waals surface area contributed by atoms with E-state index in [4.69, 9.17) is 10.5 Å². The molecule has 0 fully saturated rings. The number of guanidine groups is 1. The average molecular weight is 454 g/mol. The zero-order chi connectivity index (χ0) is 17.2. The fourth-order valence-corrected chi connectivity index (χ4v) is 2.39. The second-order valence-electron chi connectivity index (χ2n) is 5.69. The van der Waals surface area contributed by atoms with Gasteiger partial charge < -0.3 is 15.8 Å². The van der Waals surface area contributed by atoms with Crippen LogP contribution in [0.5, 0.6) is 5.75 Å². The lowest BCUT2D eigenvalue weighted by Crippen LogP contribution is -2.33. The highest BCUT2D eigenvalue weighted by molar-refractivity contribution is 14.0. The third-order valence-electron chi connectivity index (χ3n) is 3.65. The lowest BCUT2D eigenvalue weighted by Gasteiger charge is -2.11. The lowest BCUT2D eigenvalue weighted by atomic mass is 10.1. The van der Waals surface area contributed by atoms with E-state index in [2.05, 4.69) is 41.3 Å². The molecule has 0 spiro atoms. The summed E-state index contributed by atoms with van der Waals surface area (Å²) in [5.41, 5.74) is 9.22. The molecule has 3 N–H and O–H groups in total. The Morgan fingerprint density at radius 3 is 2.60 bits per heavy atom. The maximum atomic E-state index is 5.86. The molecule has 2 aromatic rings. The van der Waals surface area contributed by atoms with E-state index in [1.54, 1.807) is 6.20 Å². The van der Waals surface area contributed by atoms with Gasteiger partial charge in [0.05, 0.1) is 6.61 Å². The van der Waals surface area contributed by atoms with E-state index in [1.165, 1.54) is 0 Å². The zero-order valence-electron chi connectivity index (χ0n) is 14.9. The van der Waals surface area contributed by atoms with Crippen molar-refractivity contribution in [3.8, 4) is 5.75 Å². The number of halogens is 1. The number of aromatic nitrogens is 1. The fraction of sp³-hybridized carbons (Fsp3) is 0.368. The molecule has 0 saturated heterocycles. The normalized spacial score (nSPS) is 10.9. The average Bonchev–Trinajstić information content (AvgIpc) is 2.58. The fourth-order valence-electron chi connectivity index (χ4n) is 2.39. The van der Waals surface area contributed by atoms with Crippen molar-refractivity contribution < 1.29 is 4.74 Å². The smallest absolute Gasteiger partial charge is 0.188 e. The number of nitrogens with one attached hydrogen (secondary N) is 1. The van der Waals surface area contributed by atoms with Crippen LogP contribution < -0.4 is 15.8 Å². The van der Waals surface area contributed by atoms with Crippen LogP contribution in [-0.2, 0) is 6.42 Å². The molecule has 0 radical (unpaired) electrons. The van der Waals surface area contributed by atoms with Crippen molar-refractivity contribution >= 4 is 29.9 Å². The van der Waals surface area contributed by atoms with Crippen LogP contribution in [0.4, 0.5) is 0 Å². The molecule has 0 bridgehead atoms. The van der Waals surface area contributed by atoms with Gasteiger partial charge in [-0.25, -0.2) is 0 Å². The number of aliphatic imine (C=N–C) groups is 1. The van der Waals surface area contributed by atoms with Gasteiger partial charge in [0, 0.05) is 37.8 Å². The van der Waals surface area contributed by atoms with Crippen molar-refractivity contribution in [1.29, 1.82) is 0 Å². The third-order valence-corrected chi connectivity index (χ3v) is 3.65. The van der Waals surface area contributed by atoms with Gasteiger partial charge in [-0.1, -0.05) is 24.3 Å². The molecule has 0 saturated carbocycles. The summed E-state index contributed by atoms with van der Waals surface area (Å²) in [5, 5.41) is 3.10. The Balaban J connectivity index is 0.00000312. The van der Waals surface area contributed by atoms with E-state index in [-0.39, 0.29) is 24.0 Å². The Morgan fingerprint density at radius 2 is 1.92 bits per heavy atom. The zero-order valence-corrected chi connectivity index (χ0v) is 17.2. The first-order valence-corrected chi connectivity index (χ1v) is 8.29. The summed E-state index contributed by atoms with van der Waals surface area (Å²) in [5.74, 6) is 1.45. The van der Waals surface area contributed by atoms with Crippen LogP contribution in [0.3, 0.4) is 0 Å². The number of pyridine rings is 1. The number of aryl methyl sites for hydroxylation is 2. The van der Waals surface area contributed by atoms with Gasteiger partial charge in [-0.05, 0) is 37.1 Å². The number of benzene rings is 1. The molecule has 25 heavy (non-hydrogen) atoms. The Bertz CT molecular complexity index is 641. The van der Waals surface area contributed by atoms with Crippen LogP contribution in [0, 0.1) is 13.8 Å². The predicted octanol–water partition coefficient (Wildman–Crippen LogP) is 3.23. The number of nitrogens with two attached hydrogens (primary N) is 1. The van der Waals surface area contributed by atoms with Gasteiger partial charge in [0.15, 0.2) is 5.96 Å². The standard InChI is InChI=1S/C19H26N4O.HI/c1-15-7-5-8-16(2)18(15)24-14-6-12-22-19(20)23-13-10-17-9-3-4-11-21-17;/h3-5,7-9,11H,6,10,12-14H2,1-2H3,(H3,20,22,23);1H. The van der Waals surface area contributed by atoms with Crippen molar-refractivity contribution in [3.05, 3.63) is 59.4 Å². The molecule has 0 atom stereocenters. The van der Waals surface area contributed by atoms with Crippen LogP contribution in [0.25, 0.3) is 0 Å². The summed E-state index contributed by atoms with van der Waals surface area (Å²) in [7, 11) is 0. The Hall–Kier alpha value is -1.83. The molecule has 1 aromatic heterocycles. The first kappa shape index (κ1) is 21.2. The van der Waals surface area contributed by atoms with E-state index < -0.39 is 0 Å². The van der Waals surface area contributed by atoms with Gasteiger partial charge in [0.1, 0.15) is 5.75 Å². The van der Waals surface area contributed by atoms with E-state index in [1.807, 2.05) is 24.3 Å². The highest BCUT2D eigenvalue weighted by atomic mass is 127. The van der Waals surface area contributed by atoms with Gasteiger partial charge in [0.2, 0.25) is 0 Å². The summed E-state index contributed by atoms with van der Waals surface area (Å²) in [6.45, 7) is 6.13. The Kier molecular flexibility index (Phi) is 9.91. The minimum Gasteiger partial charge on any atom is -0.493 e. The lowest BCUT2D eigenvalue weighted by molar-refractivity contribution is 0.309. The van der Waals surface area contributed by atoms with E-state index in [9.17, 15) is 0 Å². The Labute approximate surface area is 167 Å². The molecule has 5 nitrogen and oxygen atoms in total. The molecule has 0 aliphatic carbocycles. The summed E-state index contributed by atoms with van der Waals surface area (Å²) >= 11 is 0. The van der Waals surface area contributed by atoms with Gasteiger partial charge in [0.25, 0.3) is 0 Å². The minimum absolute atomic E-state index is 0. The number of ether oxygens (including phenoxy) is 1. The second-order valence-corrected chi connectivity index (χ2v) is 5.69. The van der Waals surface area contributed by atoms with Crippen LogP contribution in [-0.4, -0.2) is 30.6 Å². The predicted molar refractivity (Wildman–Crippen MR) is 114 cm³/mol. The number of hydrogen-bond donors (Lipinski definition) is 2. The summed E-state index contributed by atoms with van der Waals surface area (Å²) in [6.07, 6.45) is 3.45. The quantitative estimate of drug-likeness (QED) is 0.278. The van der Waals surface area contributed by atoms with Crippen LogP contribution in [0.15, 0.2) is 47.6 Å². The van der Waals surface area contributed by atoms with Crippen molar-refractivity contribution in [2.45, 2.75) is 26.7 Å². The van der Waals surface area contributed by atoms with E-state index >= 15 is 0 Å².